The molecule has 1 aliphatic heterocycles. The molecule has 2 aromatic heterocycles. The SMILES string of the molecule is CN(C)C(CNC(=O)c1cn(C2CCNCC2)nn1)c1cccs1.Cl.Cl. The lowest BCUT2D eigenvalue weighted by molar-refractivity contribution is 0.0937. The number of thiophene rings is 1. The lowest BCUT2D eigenvalue weighted by Gasteiger charge is -2.23. The van der Waals surface area contributed by atoms with Crippen LogP contribution >= 0.6 is 36.2 Å². The van der Waals surface area contributed by atoms with Gasteiger partial charge in [0.25, 0.3) is 5.91 Å². The molecule has 1 fully saturated rings. The molecular weight excluding hydrogens is 395 g/mol. The number of nitrogens with zero attached hydrogens (tertiary/aromatic N) is 4. The maximum absolute atomic E-state index is 12.4. The van der Waals surface area contributed by atoms with Gasteiger partial charge in [-0.1, -0.05) is 11.3 Å². The van der Waals surface area contributed by atoms with Crippen LogP contribution in [0.15, 0.2) is 23.7 Å². The molecule has 2 aromatic rings. The highest BCUT2D eigenvalue weighted by atomic mass is 35.5. The number of carbonyl (C=O) groups excluding carboxylic acids is 1. The quantitative estimate of drug-likeness (QED) is 0.748. The summed E-state index contributed by atoms with van der Waals surface area (Å²) >= 11 is 1.70. The molecule has 3 heterocycles. The molecule has 26 heavy (non-hydrogen) atoms. The summed E-state index contributed by atoms with van der Waals surface area (Å²) in [7, 11) is 4.04. The van der Waals surface area contributed by atoms with E-state index in [1.165, 1.54) is 4.88 Å². The number of likely N-dealkylation sites (N-methyl/N-ethyl adjacent to an activating group) is 1. The number of piperidine rings is 1. The second kappa shape index (κ2) is 10.8. The Morgan fingerprint density at radius 3 is 2.77 bits per heavy atom. The molecule has 146 valence electrons. The molecule has 10 heteroatoms. The Balaban J connectivity index is 0.00000169. The van der Waals surface area contributed by atoms with Gasteiger partial charge in [-0.3, -0.25) is 4.79 Å². The first-order chi connectivity index (χ1) is 11.6. The lowest BCUT2D eigenvalue weighted by Crippen LogP contribution is -2.34. The molecule has 1 saturated heterocycles. The van der Waals surface area contributed by atoms with Crippen LogP contribution in [0.2, 0.25) is 0 Å². The second-order valence-electron chi connectivity index (χ2n) is 6.27. The van der Waals surface area contributed by atoms with Gasteiger partial charge in [-0.15, -0.1) is 41.2 Å². The molecule has 0 spiro atoms. The molecule has 0 saturated carbocycles. The zero-order valence-electron chi connectivity index (χ0n) is 14.9. The second-order valence-corrected chi connectivity index (χ2v) is 7.25. The highest BCUT2D eigenvalue weighted by Crippen LogP contribution is 2.22. The van der Waals surface area contributed by atoms with Crippen LogP contribution in [-0.4, -0.2) is 59.5 Å². The van der Waals surface area contributed by atoms with E-state index in [0.29, 0.717) is 18.3 Å². The van der Waals surface area contributed by atoms with Crippen molar-refractivity contribution in [1.29, 1.82) is 0 Å². The number of halogens is 2. The minimum absolute atomic E-state index is 0. The van der Waals surface area contributed by atoms with Gasteiger partial charge < -0.3 is 15.5 Å². The summed E-state index contributed by atoms with van der Waals surface area (Å²) in [6, 6.07) is 4.62. The van der Waals surface area contributed by atoms with Crippen molar-refractivity contribution < 1.29 is 4.79 Å². The Hall–Kier alpha value is -1.19. The normalized spacial score (nSPS) is 15.8. The molecule has 0 aromatic carbocycles. The third-order valence-corrected chi connectivity index (χ3v) is 5.35. The summed E-state index contributed by atoms with van der Waals surface area (Å²) in [5.41, 5.74) is 0.386. The van der Waals surface area contributed by atoms with E-state index < -0.39 is 0 Å². The van der Waals surface area contributed by atoms with Crippen molar-refractivity contribution in [2.45, 2.75) is 24.9 Å². The predicted molar refractivity (Wildman–Crippen MR) is 109 cm³/mol. The average molecular weight is 421 g/mol. The van der Waals surface area contributed by atoms with Gasteiger partial charge in [-0.2, -0.15) is 0 Å². The van der Waals surface area contributed by atoms with Gasteiger partial charge in [-0.25, -0.2) is 4.68 Å². The van der Waals surface area contributed by atoms with E-state index in [4.69, 9.17) is 0 Å². The maximum Gasteiger partial charge on any atom is 0.273 e. The topological polar surface area (TPSA) is 75.1 Å². The van der Waals surface area contributed by atoms with Crippen LogP contribution in [0.4, 0.5) is 0 Å². The van der Waals surface area contributed by atoms with E-state index in [1.54, 1.807) is 17.5 Å². The molecule has 3 rings (SSSR count). The van der Waals surface area contributed by atoms with Crippen molar-refractivity contribution in [3.8, 4) is 0 Å². The van der Waals surface area contributed by atoms with Gasteiger partial charge in [-0.05, 0) is 51.5 Å². The van der Waals surface area contributed by atoms with E-state index in [1.807, 2.05) is 24.8 Å². The van der Waals surface area contributed by atoms with Crippen molar-refractivity contribution >= 4 is 42.1 Å². The minimum atomic E-state index is -0.168. The van der Waals surface area contributed by atoms with Crippen molar-refractivity contribution in [3.05, 3.63) is 34.3 Å². The minimum Gasteiger partial charge on any atom is -0.349 e. The monoisotopic (exact) mass is 420 g/mol. The number of hydrogen-bond donors (Lipinski definition) is 2. The zero-order valence-corrected chi connectivity index (χ0v) is 17.4. The van der Waals surface area contributed by atoms with Gasteiger partial charge in [0.2, 0.25) is 0 Å². The number of hydrogen-bond acceptors (Lipinski definition) is 6. The number of rotatable bonds is 6. The molecule has 1 amide bonds. The summed E-state index contributed by atoms with van der Waals surface area (Å²) in [5, 5.41) is 16.6. The van der Waals surface area contributed by atoms with E-state index in [0.717, 1.165) is 25.9 Å². The predicted octanol–water partition coefficient (Wildman–Crippen LogP) is 2.14. The van der Waals surface area contributed by atoms with E-state index >= 15 is 0 Å². The fourth-order valence-electron chi connectivity index (χ4n) is 2.93. The fraction of sp³-hybridized carbons (Fsp3) is 0.562. The number of nitrogens with one attached hydrogen (secondary N) is 2. The van der Waals surface area contributed by atoms with Gasteiger partial charge >= 0.3 is 0 Å². The third-order valence-electron chi connectivity index (χ3n) is 4.38. The third kappa shape index (κ3) is 5.65. The van der Waals surface area contributed by atoms with E-state index in [-0.39, 0.29) is 36.8 Å². The van der Waals surface area contributed by atoms with Crippen molar-refractivity contribution in [1.82, 2.24) is 30.5 Å². The summed E-state index contributed by atoms with van der Waals surface area (Å²) < 4.78 is 1.83. The van der Waals surface area contributed by atoms with Crippen LogP contribution in [-0.2, 0) is 0 Å². The van der Waals surface area contributed by atoms with Crippen LogP contribution in [0.3, 0.4) is 0 Å². The van der Waals surface area contributed by atoms with Crippen LogP contribution in [0.25, 0.3) is 0 Å². The lowest BCUT2D eigenvalue weighted by atomic mass is 10.1. The van der Waals surface area contributed by atoms with Crippen LogP contribution in [0, 0.1) is 0 Å². The summed E-state index contributed by atoms with van der Waals surface area (Å²) in [4.78, 5) is 15.7. The van der Waals surface area contributed by atoms with Crippen LogP contribution in [0.1, 0.15) is 40.3 Å². The van der Waals surface area contributed by atoms with Gasteiger partial charge in [0.15, 0.2) is 5.69 Å². The first-order valence-corrected chi connectivity index (χ1v) is 9.13. The first-order valence-electron chi connectivity index (χ1n) is 8.25. The molecule has 0 radical (unpaired) electrons. The first kappa shape index (κ1) is 22.9. The van der Waals surface area contributed by atoms with Crippen LogP contribution < -0.4 is 10.6 Å². The zero-order chi connectivity index (χ0) is 16.9. The Labute approximate surface area is 170 Å². The largest absolute Gasteiger partial charge is 0.349 e. The molecule has 0 bridgehead atoms. The maximum atomic E-state index is 12.4. The van der Waals surface area contributed by atoms with Crippen molar-refractivity contribution in [2.24, 2.45) is 0 Å². The standard InChI is InChI=1S/C16H24N6OS.2ClH/c1-21(2)14(15-4-3-9-24-15)10-18-16(23)13-11-22(20-19-13)12-5-7-17-8-6-12;;/h3-4,9,11-12,14,17H,5-8,10H2,1-2H3,(H,18,23);2*1H. The highest BCUT2D eigenvalue weighted by Gasteiger charge is 2.20. The van der Waals surface area contributed by atoms with Crippen molar-refractivity contribution in [2.75, 3.05) is 33.7 Å². The van der Waals surface area contributed by atoms with Gasteiger partial charge in [0.05, 0.1) is 18.3 Å². The molecule has 2 N–H and O–H groups in total. The molecular formula is C16H26Cl2N6OS. The van der Waals surface area contributed by atoms with Gasteiger partial charge in [0, 0.05) is 11.4 Å². The molecule has 1 atom stereocenters. The van der Waals surface area contributed by atoms with Crippen LogP contribution in [0.5, 0.6) is 0 Å². The Bertz CT molecular complexity index is 658. The average Bonchev–Trinajstić information content (AvgIpc) is 3.27. The Kier molecular flexibility index (Phi) is 9.52. The van der Waals surface area contributed by atoms with E-state index in [9.17, 15) is 4.79 Å². The number of amides is 1. The molecule has 1 aliphatic rings. The number of aromatic nitrogens is 3. The molecule has 1 unspecified atom stereocenters. The smallest absolute Gasteiger partial charge is 0.273 e. The summed E-state index contributed by atoms with van der Waals surface area (Å²) in [6.45, 7) is 2.52. The highest BCUT2D eigenvalue weighted by molar-refractivity contribution is 7.10. The summed E-state index contributed by atoms with van der Waals surface area (Å²) in [6.07, 6.45) is 3.80. The Morgan fingerprint density at radius 2 is 2.15 bits per heavy atom. The molecule has 7 nitrogen and oxygen atoms in total. The molecule has 0 aliphatic carbocycles. The fourth-order valence-corrected chi connectivity index (χ4v) is 3.85. The van der Waals surface area contributed by atoms with E-state index in [2.05, 4.69) is 37.3 Å². The summed E-state index contributed by atoms with van der Waals surface area (Å²) in [5.74, 6) is -0.168. The van der Waals surface area contributed by atoms with Crippen molar-refractivity contribution in [3.63, 3.8) is 0 Å². The number of carbonyl (C=O) groups is 1. The Morgan fingerprint density at radius 1 is 1.42 bits per heavy atom. The van der Waals surface area contributed by atoms with Gasteiger partial charge in [0.1, 0.15) is 0 Å².